The molecule has 1 atom stereocenters. The summed E-state index contributed by atoms with van der Waals surface area (Å²) in [7, 11) is 1.94. The lowest BCUT2D eigenvalue weighted by Gasteiger charge is -2.17. The summed E-state index contributed by atoms with van der Waals surface area (Å²) in [6.45, 7) is 6.19. The predicted octanol–water partition coefficient (Wildman–Crippen LogP) is 3.08. The summed E-state index contributed by atoms with van der Waals surface area (Å²) in [5.41, 5.74) is 4.49. The number of nitrogens with one attached hydrogen (secondary N) is 2. The molecule has 20 heavy (non-hydrogen) atoms. The van der Waals surface area contributed by atoms with E-state index in [0.29, 0.717) is 5.11 Å². The molecule has 4 nitrogen and oxygen atoms in total. The zero-order valence-electron chi connectivity index (χ0n) is 12.3. The van der Waals surface area contributed by atoms with Gasteiger partial charge in [-0.25, -0.2) is 0 Å². The molecular formula is C15H20N4S. The molecule has 1 heterocycles. The molecule has 2 N–H and O–H groups in total. The topological polar surface area (TPSA) is 41.9 Å². The van der Waals surface area contributed by atoms with E-state index in [1.165, 1.54) is 5.56 Å². The number of aromatic nitrogens is 2. The van der Waals surface area contributed by atoms with Crippen LogP contribution < -0.4 is 10.6 Å². The van der Waals surface area contributed by atoms with Gasteiger partial charge in [0.2, 0.25) is 0 Å². The van der Waals surface area contributed by atoms with Crippen molar-refractivity contribution in [1.29, 1.82) is 0 Å². The van der Waals surface area contributed by atoms with E-state index in [4.69, 9.17) is 12.2 Å². The summed E-state index contributed by atoms with van der Waals surface area (Å²) in [4.78, 5) is 0. The fourth-order valence-corrected chi connectivity index (χ4v) is 2.37. The van der Waals surface area contributed by atoms with E-state index in [9.17, 15) is 0 Å². The van der Waals surface area contributed by atoms with Crippen molar-refractivity contribution in [2.45, 2.75) is 26.8 Å². The first-order chi connectivity index (χ1) is 9.49. The maximum absolute atomic E-state index is 5.37. The smallest absolute Gasteiger partial charge is 0.171 e. The van der Waals surface area contributed by atoms with Gasteiger partial charge in [-0.05, 0) is 44.6 Å². The van der Waals surface area contributed by atoms with Crippen LogP contribution in [0.5, 0.6) is 0 Å². The highest BCUT2D eigenvalue weighted by Crippen LogP contribution is 2.17. The predicted molar refractivity (Wildman–Crippen MR) is 86.9 cm³/mol. The Morgan fingerprint density at radius 1 is 1.30 bits per heavy atom. The molecular weight excluding hydrogens is 268 g/mol. The maximum Gasteiger partial charge on any atom is 0.171 e. The number of benzene rings is 1. The summed E-state index contributed by atoms with van der Waals surface area (Å²) in [6, 6.07) is 8.20. The maximum atomic E-state index is 5.37. The van der Waals surface area contributed by atoms with Crippen LogP contribution >= 0.6 is 12.2 Å². The fourth-order valence-electron chi connectivity index (χ4n) is 2.09. The average molecular weight is 288 g/mol. The second-order valence-electron chi connectivity index (χ2n) is 4.94. The second-order valence-corrected chi connectivity index (χ2v) is 5.35. The van der Waals surface area contributed by atoms with Crippen LogP contribution in [-0.4, -0.2) is 14.9 Å². The van der Waals surface area contributed by atoms with Gasteiger partial charge >= 0.3 is 0 Å². The zero-order valence-corrected chi connectivity index (χ0v) is 13.1. The fraction of sp³-hybridized carbons (Fsp3) is 0.333. The quantitative estimate of drug-likeness (QED) is 0.852. The Kier molecular flexibility index (Phi) is 4.39. The summed E-state index contributed by atoms with van der Waals surface area (Å²) < 4.78 is 1.87. The van der Waals surface area contributed by atoms with E-state index in [1.54, 1.807) is 0 Å². The van der Waals surface area contributed by atoms with Crippen LogP contribution in [0.1, 0.15) is 29.8 Å². The van der Waals surface area contributed by atoms with Gasteiger partial charge in [0, 0.05) is 24.0 Å². The lowest BCUT2D eigenvalue weighted by molar-refractivity contribution is 0.701. The van der Waals surface area contributed by atoms with Crippen LogP contribution in [0, 0.1) is 13.8 Å². The standard InChI is InChI=1S/C15H20N4S/c1-10-7-5-6-8-14(10)18-15(20)17-11(2)13-9-16-19(4)12(13)3/h5-9,11H,1-4H3,(H2,17,18,20). The molecule has 1 aromatic carbocycles. The molecule has 106 valence electrons. The third kappa shape index (κ3) is 3.17. The number of nitrogens with zero attached hydrogens (tertiary/aromatic N) is 2. The van der Waals surface area contributed by atoms with Crippen molar-refractivity contribution in [2.24, 2.45) is 7.05 Å². The Morgan fingerprint density at radius 3 is 2.60 bits per heavy atom. The molecule has 2 rings (SSSR count). The lowest BCUT2D eigenvalue weighted by Crippen LogP contribution is -2.31. The van der Waals surface area contributed by atoms with Crippen LogP contribution in [-0.2, 0) is 7.05 Å². The van der Waals surface area contributed by atoms with Crippen LogP contribution in [0.4, 0.5) is 5.69 Å². The molecule has 0 aliphatic rings. The number of hydrogen-bond acceptors (Lipinski definition) is 2. The monoisotopic (exact) mass is 288 g/mol. The van der Waals surface area contributed by atoms with Gasteiger partial charge in [0.15, 0.2) is 5.11 Å². The third-order valence-corrected chi connectivity index (χ3v) is 3.70. The van der Waals surface area contributed by atoms with E-state index in [-0.39, 0.29) is 6.04 Å². The molecule has 0 bridgehead atoms. The van der Waals surface area contributed by atoms with Crippen LogP contribution in [0.25, 0.3) is 0 Å². The lowest BCUT2D eigenvalue weighted by atomic mass is 10.1. The van der Waals surface area contributed by atoms with Crippen LogP contribution in [0.2, 0.25) is 0 Å². The van der Waals surface area contributed by atoms with Crippen molar-refractivity contribution in [3.8, 4) is 0 Å². The Hall–Kier alpha value is -1.88. The molecule has 1 unspecified atom stereocenters. The average Bonchev–Trinajstić information content (AvgIpc) is 2.73. The van der Waals surface area contributed by atoms with E-state index >= 15 is 0 Å². The van der Waals surface area contributed by atoms with E-state index < -0.39 is 0 Å². The molecule has 0 saturated carbocycles. The molecule has 0 aliphatic carbocycles. The van der Waals surface area contributed by atoms with Crippen molar-refractivity contribution in [1.82, 2.24) is 15.1 Å². The highest BCUT2D eigenvalue weighted by molar-refractivity contribution is 7.80. The number of thiocarbonyl (C=S) groups is 1. The first-order valence-electron chi connectivity index (χ1n) is 6.60. The zero-order chi connectivity index (χ0) is 14.7. The van der Waals surface area contributed by atoms with Gasteiger partial charge < -0.3 is 10.6 Å². The first-order valence-corrected chi connectivity index (χ1v) is 7.01. The van der Waals surface area contributed by atoms with Gasteiger partial charge in [0.05, 0.1) is 12.2 Å². The Morgan fingerprint density at radius 2 is 2.00 bits per heavy atom. The van der Waals surface area contributed by atoms with Gasteiger partial charge in [0.1, 0.15) is 0 Å². The van der Waals surface area contributed by atoms with Crippen molar-refractivity contribution < 1.29 is 0 Å². The molecule has 0 radical (unpaired) electrons. The van der Waals surface area contributed by atoms with Crippen LogP contribution in [0.15, 0.2) is 30.5 Å². The molecule has 0 spiro atoms. The summed E-state index contributed by atoms with van der Waals surface area (Å²) in [5, 5.41) is 11.4. The van der Waals surface area contributed by atoms with Crippen molar-refractivity contribution in [3.05, 3.63) is 47.3 Å². The van der Waals surface area contributed by atoms with Gasteiger partial charge in [-0.1, -0.05) is 18.2 Å². The minimum Gasteiger partial charge on any atom is -0.356 e. The molecule has 0 saturated heterocycles. The Bertz CT molecular complexity index is 618. The minimum absolute atomic E-state index is 0.118. The normalized spacial score (nSPS) is 12.0. The molecule has 5 heteroatoms. The Balaban J connectivity index is 2.02. The third-order valence-electron chi connectivity index (χ3n) is 3.48. The Labute approximate surface area is 125 Å². The SMILES string of the molecule is Cc1ccccc1NC(=S)NC(C)c1cnn(C)c1C. The molecule has 1 aromatic heterocycles. The molecule has 0 aliphatic heterocycles. The van der Waals surface area contributed by atoms with Crippen molar-refractivity contribution in [2.75, 3.05) is 5.32 Å². The second kappa shape index (κ2) is 6.05. The van der Waals surface area contributed by atoms with Gasteiger partial charge in [-0.15, -0.1) is 0 Å². The largest absolute Gasteiger partial charge is 0.356 e. The summed E-state index contributed by atoms with van der Waals surface area (Å²) in [6.07, 6.45) is 1.88. The summed E-state index contributed by atoms with van der Waals surface area (Å²) in [5.74, 6) is 0. The first kappa shape index (κ1) is 14.5. The number of anilines is 1. The number of rotatable bonds is 3. The van der Waals surface area contributed by atoms with Crippen molar-refractivity contribution in [3.63, 3.8) is 0 Å². The van der Waals surface area contributed by atoms with E-state index in [1.807, 2.05) is 36.1 Å². The van der Waals surface area contributed by atoms with Gasteiger partial charge in [-0.3, -0.25) is 4.68 Å². The van der Waals surface area contributed by atoms with Crippen molar-refractivity contribution >= 4 is 23.0 Å². The number of aryl methyl sites for hydroxylation is 2. The van der Waals surface area contributed by atoms with Crippen LogP contribution in [0.3, 0.4) is 0 Å². The minimum atomic E-state index is 0.118. The van der Waals surface area contributed by atoms with E-state index in [2.05, 4.69) is 42.6 Å². The molecule has 2 aromatic rings. The molecule has 0 amide bonds. The number of para-hydroxylation sites is 1. The highest BCUT2D eigenvalue weighted by Gasteiger charge is 2.13. The van der Waals surface area contributed by atoms with Gasteiger partial charge in [-0.2, -0.15) is 5.10 Å². The highest BCUT2D eigenvalue weighted by atomic mass is 32.1. The summed E-state index contributed by atoms with van der Waals surface area (Å²) >= 11 is 5.37. The van der Waals surface area contributed by atoms with E-state index in [0.717, 1.165) is 16.9 Å². The molecule has 0 fully saturated rings. The number of hydrogen-bond donors (Lipinski definition) is 2. The van der Waals surface area contributed by atoms with Gasteiger partial charge in [0.25, 0.3) is 0 Å².